The van der Waals surface area contributed by atoms with Crippen molar-refractivity contribution in [2.45, 2.75) is 18.9 Å². The number of phenols is 1. The number of benzene rings is 2. The molecule has 1 aliphatic rings. The summed E-state index contributed by atoms with van der Waals surface area (Å²) in [5.41, 5.74) is 2.72. The van der Waals surface area contributed by atoms with E-state index in [1.54, 1.807) is 6.07 Å². The topological polar surface area (TPSA) is 47.3 Å². The standard InChI is InChI=1S/C18H18N2O/c19-13-14-7-9-15(10-8-14)18(20-11-3-4-12-20)16-5-1-2-6-17(16)21/h1-2,5-10,18,21H,3-4,11-12H2. The predicted molar refractivity (Wildman–Crippen MR) is 81.9 cm³/mol. The first-order chi connectivity index (χ1) is 10.3. The van der Waals surface area contributed by atoms with Crippen molar-refractivity contribution in [1.29, 1.82) is 5.26 Å². The van der Waals surface area contributed by atoms with Gasteiger partial charge < -0.3 is 5.11 Å². The molecule has 3 rings (SSSR count). The number of nitrogens with zero attached hydrogens (tertiary/aromatic N) is 2. The minimum Gasteiger partial charge on any atom is -0.508 e. The maximum absolute atomic E-state index is 10.2. The van der Waals surface area contributed by atoms with Gasteiger partial charge in [0.05, 0.1) is 17.7 Å². The summed E-state index contributed by atoms with van der Waals surface area (Å²) in [4.78, 5) is 2.40. The van der Waals surface area contributed by atoms with E-state index in [1.807, 2.05) is 42.5 Å². The molecule has 0 saturated carbocycles. The van der Waals surface area contributed by atoms with Crippen LogP contribution in [0.15, 0.2) is 48.5 Å². The number of nitriles is 1. The molecule has 1 fully saturated rings. The molecule has 1 saturated heterocycles. The normalized spacial score (nSPS) is 16.5. The van der Waals surface area contributed by atoms with Crippen LogP contribution in [0.1, 0.15) is 35.6 Å². The SMILES string of the molecule is N#Cc1ccc(C(c2ccccc2O)N2CCCC2)cc1. The maximum Gasteiger partial charge on any atom is 0.120 e. The zero-order valence-electron chi connectivity index (χ0n) is 11.9. The fourth-order valence-corrected chi connectivity index (χ4v) is 3.05. The van der Waals surface area contributed by atoms with Gasteiger partial charge >= 0.3 is 0 Å². The van der Waals surface area contributed by atoms with Gasteiger partial charge in [-0.25, -0.2) is 0 Å². The van der Waals surface area contributed by atoms with Crippen LogP contribution in [0.5, 0.6) is 5.75 Å². The third kappa shape index (κ3) is 2.76. The average Bonchev–Trinajstić information content (AvgIpc) is 3.04. The molecular weight excluding hydrogens is 260 g/mol. The predicted octanol–water partition coefficient (Wildman–Crippen LogP) is 3.45. The molecule has 0 aliphatic carbocycles. The molecule has 1 atom stereocenters. The Kier molecular flexibility index (Phi) is 3.89. The van der Waals surface area contributed by atoms with Gasteiger partial charge in [0.15, 0.2) is 0 Å². The van der Waals surface area contributed by atoms with Crippen molar-refractivity contribution in [3.05, 3.63) is 65.2 Å². The largest absolute Gasteiger partial charge is 0.508 e. The molecule has 2 aromatic rings. The highest BCUT2D eigenvalue weighted by molar-refractivity contribution is 5.42. The molecule has 1 aliphatic heterocycles. The Morgan fingerprint density at radius 2 is 1.67 bits per heavy atom. The van der Waals surface area contributed by atoms with Crippen molar-refractivity contribution in [2.24, 2.45) is 0 Å². The quantitative estimate of drug-likeness (QED) is 0.935. The van der Waals surface area contributed by atoms with Crippen molar-refractivity contribution in [1.82, 2.24) is 4.90 Å². The fourth-order valence-electron chi connectivity index (χ4n) is 3.05. The van der Waals surface area contributed by atoms with Crippen LogP contribution in [0.25, 0.3) is 0 Å². The van der Waals surface area contributed by atoms with Crippen LogP contribution in [-0.2, 0) is 0 Å². The minimum atomic E-state index is 0.0569. The number of para-hydroxylation sites is 1. The summed E-state index contributed by atoms with van der Waals surface area (Å²) < 4.78 is 0. The van der Waals surface area contributed by atoms with E-state index in [-0.39, 0.29) is 6.04 Å². The summed E-state index contributed by atoms with van der Waals surface area (Å²) in [6.07, 6.45) is 2.39. The third-order valence-corrected chi connectivity index (χ3v) is 4.09. The van der Waals surface area contributed by atoms with Crippen LogP contribution < -0.4 is 0 Å². The van der Waals surface area contributed by atoms with E-state index in [2.05, 4.69) is 11.0 Å². The summed E-state index contributed by atoms with van der Waals surface area (Å²) in [6, 6.07) is 17.4. The Hall–Kier alpha value is -2.31. The molecule has 0 spiro atoms. The average molecular weight is 278 g/mol. The van der Waals surface area contributed by atoms with E-state index in [0.29, 0.717) is 11.3 Å². The molecule has 1 heterocycles. The lowest BCUT2D eigenvalue weighted by Crippen LogP contribution is -2.26. The van der Waals surface area contributed by atoms with Gasteiger partial charge in [-0.3, -0.25) is 4.90 Å². The zero-order valence-corrected chi connectivity index (χ0v) is 11.9. The van der Waals surface area contributed by atoms with E-state index in [1.165, 1.54) is 12.8 Å². The lowest BCUT2D eigenvalue weighted by molar-refractivity contribution is 0.275. The van der Waals surface area contributed by atoms with Crippen LogP contribution in [0.4, 0.5) is 0 Å². The second-order valence-corrected chi connectivity index (χ2v) is 5.44. The van der Waals surface area contributed by atoms with Crippen LogP contribution >= 0.6 is 0 Å². The number of hydrogen-bond donors (Lipinski definition) is 1. The van der Waals surface area contributed by atoms with Gasteiger partial charge in [-0.05, 0) is 49.7 Å². The maximum atomic E-state index is 10.2. The van der Waals surface area contributed by atoms with E-state index in [0.717, 1.165) is 24.2 Å². The molecule has 1 N–H and O–H groups in total. The number of rotatable bonds is 3. The Labute approximate surface area is 125 Å². The van der Waals surface area contributed by atoms with Crippen LogP contribution in [0.3, 0.4) is 0 Å². The van der Waals surface area contributed by atoms with Crippen LogP contribution in [0, 0.1) is 11.3 Å². The summed E-state index contributed by atoms with van der Waals surface area (Å²) in [5.74, 6) is 0.332. The van der Waals surface area contributed by atoms with Gasteiger partial charge in [0.2, 0.25) is 0 Å². The summed E-state index contributed by atoms with van der Waals surface area (Å²) in [7, 11) is 0. The first-order valence-electron chi connectivity index (χ1n) is 7.31. The lowest BCUT2D eigenvalue weighted by atomic mass is 9.95. The monoisotopic (exact) mass is 278 g/mol. The molecule has 0 bridgehead atoms. The molecule has 106 valence electrons. The first-order valence-corrected chi connectivity index (χ1v) is 7.31. The Morgan fingerprint density at radius 1 is 1.00 bits per heavy atom. The molecule has 0 amide bonds. The van der Waals surface area contributed by atoms with Crippen molar-refractivity contribution in [3.63, 3.8) is 0 Å². The van der Waals surface area contributed by atoms with Crippen molar-refractivity contribution >= 4 is 0 Å². The third-order valence-electron chi connectivity index (χ3n) is 4.09. The van der Waals surface area contributed by atoms with Crippen molar-refractivity contribution < 1.29 is 5.11 Å². The number of phenolic OH excluding ortho intramolecular Hbond substituents is 1. The second kappa shape index (κ2) is 5.99. The summed E-state index contributed by atoms with van der Waals surface area (Å²) in [6.45, 7) is 2.08. The molecule has 0 aromatic heterocycles. The highest BCUT2D eigenvalue weighted by atomic mass is 16.3. The number of hydrogen-bond acceptors (Lipinski definition) is 3. The molecular formula is C18H18N2O. The summed E-state index contributed by atoms with van der Waals surface area (Å²) >= 11 is 0. The van der Waals surface area contributed by atoms with E-state index in [4.69, 9.17) is 5.26 Å². The highest BCUT2D eigenvalue weighted by Gasteiger charge is 2.26. The fraction of sp³-hybridized carbons (Fsp3) is 0.278. The molecule has 21 heavy (non-hydrogen) atoms. The van der Waals surface area contributed by atoms with E-state index in [9.17, 15) is 5.11 Å². The molecule has 0 radical (unpaired) electrons. The van der Waals surface area contributed by atoms with Crippen molar-refractivity contribution in [2.75, 3.05) is 13.1 Å². The smallest absolute Gasteiger partial charge is 0.120 e. The van der Waals surface area contributed by atoms with Gasteiger partial charge in [-0.1, -0.05) is 30.3 Å². The summed E-state index contributed by atoms with van der Waals surface area (Å²) in [5, 5.41) is 19.2. The molecule has 1 unspecified atom stereocenters. The second-order valence-electron chi connectivity index (χ2n) is 5.44. The zero-order chi connectivity index (χ0) is 14.7. The Morgan fingerprint density at radius 3 is 2.29 bits per heavy atom. The lowest BCUT2D eigenvalue weighted by Gasteiger charge is -2.29. The Bertz CT molecular complexity index is 652. The van der Waals surface area contributed by atoms with E-state index >= 15 is 0 Å². The van der Waals surface area contributed by atoms with Crippen LogP contribution in [0.2, 0.25) is 0 Å². The first kappa shape index (κ1) is 13.7. The number of likely N-dealkylation sites (tertiary alicyclic amines) is 1. The van der Waals surface area contributed by atoms with Crippen molar-refractivity contribution in [3.8, 4) is 11.8 Å². The Balaban J connectivity index is 2.03. The van der Waals surface area contributed by atoms with E-state index < -0.39 is 0 Å². The van der Waals surface area contributed by atoms with Gasteiger partial charge in [0.1, 0.15) is 5.75 Å². The van der Waals surface area contributed by atoms with Gasteiger partial charge in [0, 0.05) is 5.56 Å². The molecule has 3 nitrogen and oxygen atoms in total. The van der Waals surface area contributed by atoms with Gasteiger partial charge in [0.25, 0.3) is 0 Å². The van der Waals surface area contributed by atoms with Gasteiger partial charge in [-0.15, -0.1) is 0 Å². The molecule has 2 aromatic carbocycles. The molecule has 3 heteroatoms. The number of aromatic hydroxyl groups is 1. The highest BCUT2D eigenvalue weighted by Crippen LogP contribution is 2.36. The minimum absolute atomic E-state index is 0.0569. The van der Waals surface area contributed by atoms with Gasteiger partial charge in [-0.2, -0.15) is 5.26 Å². The van der Waals surface area contributed by atoms with Crippen LogP contribution in [-0.4, -0.2) is 23.1 Å².